The molecular weight excluding hydrogens is 254 g/mol. The number of carbonyl (C=O) groups is 1. The number of amides is 1. The molecule has 0 aliphatic carbocycles. The monoisotopic (exact) mass is 264 g/mol. The van der Waals surface area contributed by atoms with Crippen molar-refractivity contribution in [2.75, 3.05) is 11.9 Å². The molecular formula is C13H10F2N2O2. The predicted molar refractivity (Wildman–Crippen MR) is 64.7 cm³/mol. The standard InChI is InChI=1S/C13H10F2N2O2/c14-10-4-1-5-11(15)13(10)17-12(18)8-19-9-3-2-6-16-7-9/h1-7H,8H2,(H,17,18). The Hall–Kier alpha value is -2.50. The lowest BCUT2D eigenvalue weighted by Crippen LogP contribution is -2.21. The van der Waals surface area contributed by atoms with Crippen LogP contribution < -0.4 is 10.1 Å². The fourth-order valence-electron chi connectivity index (χ4n) is 1.37. The van der Waals surface area contributed by atoms with Gasteiger partial charge in [-0.25, -0.2) is 8.78 Å². The van der Waals surface area contributed by atoms with Gasteiger partial charge in [-0.15, -0.1) is 0 Å². The molecule has 1 N–H and O–H groups in total. The number of ether oxygens (including phenoxy) is 1. The van der Waals surface area contributed by atoms with Gasteiger partial charge in [0.1, 0.15) is 23.1 Å². The third kappa shape index (κ3) is 3.48. The van der Waals surface area contributed by atoms with Gasteiger partial charge in [0.05, 0.1) is 6.20 Å². The van der Waals surface area contributed by atoms with Crippen molar-refractivity contribution in [1.82, 2.24) is 4.98 Å². The Labute approximate surface area is 108 Å². The molecule has 0 atom stereocenters. The summed E-state index contributed by atoms with van der Waals surface area (Å²) in [5, 5.41) is 2.11. The zero-order chi connectivity index (χ0) is 13.7. The Balaban J connectivity index is 1.95. The lowest BCUT2D eigenvalue weighted by Gasteiger charge is -2.08. The molecule has 0 unspecified atom stereocenters. The number of pyridine rings is 1. The minimum Gasteiger partial charge on any atom is -0.482 e. The maximum atomic E-state index is 13.3. The second-order valence-corrected chi connectivity index (χ2v) is 3.62. The van der Waals surface area contributed by atoms with Gasteiger partial charge in [0.25, 0.3) is 5.91 Å². The van der Waals surface area contributed by atoms with Crippen LogP contribution in [-0.2, 0) is 4.79 Å². The van der Waals surface area contributed by atoms with E-state index < -0.39 is 23.2 Å². The summed E-state index contributed by atoms with van der Waals surface area (Å²) in [6, 6.07) is 6.58. The van der Waals surface area contributed by atoms with E-state index in [1.165, 1.54) is 12.3 Å². The second-order valence-electron chi connectivity index (χ2n) is 3.62. The first-order chi connectivity index (χ1) is 9.16. The van der Waals surface area contributed by atoms with Crippen molar-refractivity contribution in [2.45, 2.75) is 0 Å². The maximum Gasteiger partial charge on any atom is 0.262 e. The van der Waals surface area contributed by atoms with E-state index in [0.717, 1.165) is 12.1 Å². The number of anilines is 1. The summed E-state index contributed by atoms with van der Waals surface area (Å²) in [5.74, 6) is -1.94. The Kier molecular flexibility index (Phi) is 4.02. The molecule has 1 aromatic carbocycles. The van der Waals surface area contributed by atoms with Crippen molar-refractivity contribution in [3.63, 3.8) is 0 Å². The molecule has 1 aromatic heterocycles. The third-order valence-corrected chi connectivity index (χ3v) is 2.23. The molecule has 0 saturated carbocycles. The number of para-hydroxylation sites is 1. The molecule has 1 heterocycles. The topological polar surface area (TPSA) is 51.2 Å². The van der Waals surface area contributed by atoms with Gasteiger partial charge in [-0.2, -0.15) is 0 Å². The molecule has 0 aliphatic rings. The first-order valence-corrected chi connectivity index (χ1v) is 5.43. The summed E-state index contributed by atoms with van der Waals surface area (Å²) in [6.45, 7) is -0.362. The number of benzene rings is 1. The Bertz CT molecular complexity index is 556. The highest BCUT2D eigenvalue weighted by molar-refractivity contribution is 5.92. The minimum absolute atomic E-state index is 0.362. The highest BCUT2D eigenvalue weighted by Crippen LogP contribution is 2.17. The summed E-state index contributed by atoms with van der Waals surface area (Å²) in [6.07, 6.45) is 2.98. The van der Waals surface area contributed by atoms with Crippen LogP contribution in [0.1, 0.15) is 0 Å². The van der Waals surface area contributed by atoms with Crippen LogP contribution in [0.25, 0.3) is 0 Å². The van der Waals surface area contributed by atoms with Crippen molar-refractivity contribution >= 4 is 11.6 Å². The number of nitrogens with zero attached hydrogens (tertiary/aromatic N) is 1. The van der Waals surface area contributed by atoms with Gasteiger partial charge in [-0.1, -0.05) is 6.07 Å². The molecule has 2 aromatic rings. The van der Waals surface area contributed by atoms with Gasteiger partial charge >= 0.3 is 0 Å². The molecule has 4 nitrogen and oxygen atoms in total. The number of halogens is 2. The summed E-state index contributed by atoms with van der Waals surface area (Å²) < 4.78 is 31.6. The van der Waals surface area contributed by atoms with Crippen LogP contribution in [0.15, 0.2) is 42.7 Å². The van der Waals surface area contributed by atoms with E-state index in [0.29, 0.717) is 5.75 Å². The highest BCUT2D eigenvalue weighted by Gasteiger charge is 2.12. The van der Waals surface area contributed by atoms with Crippen LogP contribution >= 0.6 is 0 Å². The van der Waals surface area contributed by atoms with Gasteiger partial charge in [-0.3, -0.25) is 9.78 Å². The zero-order valence-corrected chi connectivity index (χ0v) is 9.77. The normalized spacial score (nSPS) is 10.0. The molecule has 98 valence electrons. The minimum atomic E-state index is -0.838. The van der Waals surface area contributed by atoms with Crippen LogP contribution in [0.2, 0.25) is 0 Å². The fourth-order valence-corrected chi connectivity index (χ4v) is 1.37. The summed E-state index contributed by atoms with van der Waals surface area (Å²) >= 11 is 0. The molecule has 0 spiro atoms. The molecule has 0 fully saturated rings. The summed E-state index contributed by atoms with van der Waals surface area (Å²) in [5.41, 5.74) is -0.484. The van der Waals surface area contributed by atoms with Crippen molar-refractivity contribution in [2.24, 2.45) is 0 Å². The van der Waals surface area contributed by atoms with Crippen LogP contribution in [0.4, 0.5) is 14.5 Å². The lowest BCUT2D eigenvalue weighted by molar-refractivity contribution is -0.118. The van der Waals surface area contributed by atoms with Gasteiger partial charge in [0, 0.05) is 6.20 Å². The fraction of sp³-hybridized carbons (Fsp3) is 0.0769. The SMILES string of the molecule is O=C(COc1cccnc1)Nc1c(F)cccc1F. The molecule has 1 amide bonds. The first kappa shape index (κ1) is 12.9. The van der Waals surface area contributed by atoms with E-state index in [4.69, 9.17) is 4.74 Å². The number of aromatic nitrogens is 1. The van der Waals surface area contributed by atoms with E-state index in [1.54, 1.807) is 18.3 Å². The number of hydrogen-bond acceptors (Lipinski definition) is 3. The maximum absolute atomic E-state index is 13.3. The van der Waals surface area contributed by atoms with Crippen molar-refractivity contribution in [1.29, 1.82) is 0 Å². The van der Waals surface area contributed by atoms with Gasteiger partial charge in [-0.05, 0) is 24.3 Å². The highest BCUT2D eigenvalue weighted by atomic mass is 19.1. The van der Waals surface area contributed by atoms with Gasteiger partial charge in [0.15, 0.2) is 6.61 Å². The van der Waals surface area contributed by atoms with Crippen molar-refractivity contribution in [3.05, 3.63) is 54.4 Å². The first-order valence-electron chi connectivity index (χ1n) is 5.43. The average Bonchev–Trinajstić information content (AvgIpc) is 2.42. The summed E-state index contributed by atoms with van der Waals surface area (Å²) in [7, 11) is 0. The van der Waals surface area contributed by atoms with E-state index in [2.05, 4.69) is 10.3 Å². The Morgan fingerprint density at radius 3 is 2.58 bits per heavy atom. The zero-order valence-electron chi connectivity index (χ0n) is 9.77. The quantitative estimate of drug-likeness (QED) is 0.922. The molecule has 0 radical (unpaired) electrons. The van der Waals surface area contributed by atoms with Gasteiger partial charge < -0.3 is 10.1 Å². The van der Waals surface area contributed by atoms with Crippen LogP contribution in [0.5, 0.6) is 5.75 Å². The van der Waals surface area contributed by atoms with Crippen LogP contribution in [-0.4, -0.2) is 17.5 Å². The second kappa shape index (κ2) is 5.90. The van der Waals surface area contributed by atoms with Crippen molar-refractivity contribution in [3.8, 4) is 5.75 Å². The predicted octanol–water partition coefficient (Wildman–Crippen LogP) is 2.38. The number of nitrogens with one attached hydrogen (secondary N) is 1. The van der Waals surface area contributed by atoms with E-state index in [9.17, 15) is 13.6 Å². The lowest BCUT2D eigenvalue weighted by atomic mass is 10.3. The molecule has 0 bridgehead atoms. The van der Waals surface area contributed by atoms with E-state index >= 15 is 0 Å². The van der Waals surface area contributed by atoms with E-state index in [-0.39, 0.29) is 6.61 Å². The number of rotatable bonds is 4. The molecule has 0 saturated heterocycles. The number of hydrogen-bond donors (Lipinski definition) is 1. The molecule has 0 aliphatic heterocycles. The number of carbonyl (C=O) groups excluding carboxylic acids is 1. The third-order valence-electron chi connectivity index (χ3n) is 2.23. The Morgan fingerprint density at radius 1 is 1.21 bits per heavy atom. The van der Waals surface area contributed by atoms with Gasteiger partial charge in [0.2, 0.25) is 0 Å². The Morgan fingerprint density at radius 2 is 1.95 bits per heavy atom. The smallest absolute Gasteiger partial charge is 0.262 e. The average molecular weight is 264 g/mol. The van der Waals surface area contributed by atoms with E-state index in [1.807, 2.05) is 0 Å². The van der Waals surface area contributed by atoms with Crippen LogP contribution in [0, 0.1) is 11.6 Å². The van der Waals surface area contributed by atoms with Crippen molar-refractivity contribution < 1.29 is 18.3 Å². The van der Waals surface area contributed by atoms with Crippen LogP contribution in [0.3, 0.4) is 0 Å². The summed E-state index contributed by atoms with van der Waals surface area (Å²) in [4.78, 5) is 15.3. The largest absolute Gasteiger partial charge is 0.482 e. The molecule has 2 rings (SSSR count). The molecule has 6 heteroatoms. The molecule has 19 heavy (non-hydrogen) atoms.